The molecule has 3 rings (SSSR count). The molecule has 1 aromatic carbocycles. The van der Waals surface area contributed by atoms with Crippen LogP contribution in [0.2, 0.25) is 0 Å². The number of fused-ring (bicyclic) bond motifs is 1. The Morgan fingerprint density at radius 2 is 2.10 bits per heavy atom. The number of nitro groups is 1. The molecule has 9 heteroatoms. The average molecular weight is 429 g/mol. The van der Waals surface area contributed by atoms with Crippen molar-refractivity contribution in [2.24, 2.45) is 16.8 Å². The second kappa shape index (κ2) is 9.25. The standard InChI is InChI=1S/C21H23N3O5S/c1-4-11-29-21(26)18-19(30-3)13(2)17-16(20(25)23(17)18)9-10-22-12-14-5-7-15(8-6-14)24(27)28/h4-8,12-13,16-17H,1,9-11H2,2-3H3/t13-,16?,17?/m1/s1. The topological polar surface area (TPSA) is 102 Å². The molecule has 30 heavy (non-hydrogen) atoms. The number of amides is 1. The molecule has 2 unspecified atom stereocenters. The highest BCUT2D eigenvalue weighted by Crippen LogP contribution is 2.50. The molecule has 2 heterocycles. The van der Waals surface area contributed by atoms with Crippen molar-refractivity contribution in [3.05, 3.63) is 63.2 Å². The maximum absolute atomic E-state index is 12.7. The van der Waals surface area contributed by atoms with Crippen LogP contribution in [0.15, 0.2) is 52.5 Å². The van der Waals surface area contributed by atoms with E-state index in [2.05, 4.69) is 11.6 Å². The molecule has 0 aromatic heterocycles. The van der Waals surface area contributed by atoms with Crippen molar-refractivity contribution in [3.8, 4) is 0 Å². The third-order valence-electron chi connectivity index (χ3n) is 5.32. The first kappa shape index (κ1) is 21.8. The summed E-state index contributed by atoms with van der Waals surface area (Å²) in [5.74, 6) is -0.697. The molecule has 1 saturated heterocycles. The van der Waals surface area contributed by atoms with E-state index in [0.717, 1.165) is 10.5 Å². The number of benzene rings is 1. The molecule has 1 fully saturated rings. The van der Waals surface area contributed by atoms with E-state index < -0.39 is 10.9 Å². The summed E-state index contributed by atoms with van der Waals surface area (Å²) in [6, 6.07) is 6.06. The normalized spacial score (nSPS) is 22.8. The molecule has 8 nitrogen and oxygen atoms in total. The molecule has 3 atom stereocenters. The van der Waals surface area contributed by atoms with E-state index in [-0.39, 0.29) is 36.1 Å². The van der Waals surface area contributed by atoms with E-state index in [1.54, 1.807) is 23.2 Å². The molecule has 0 radical (unpaired) electrons. The maximum atomic E-state index is 12.7. The lowest BCUT2D eigenvalue weighted by Gasteiger charge is -2.45. The van der Waals surface area contributed by atoms with Crippen molar-refractivity contribution in [2.75, 3.05) is 19.4 Å². The van der Waals surface area contributed by atoms with Crippen molar-refractivity contribution in [2.45, 2.75) is 19.4 Å². The molecule has 0 bridgehead atoms. The fourth-order valence-corrected chi connectivity index (χ4v) is 4.82. The first-order chi connectivity index (χ1) is 14.4. The summed E-state index contributed by atoms with van der Waals surface area (Å²) >= 11 is 1.47. The molecular formula is C21H23N3O5S. The highest BCUT2D eigenvalue weighted by atomic mass is 32.2. The molecule has 0 N–H and O–H groups in total. The van der Waals surface area contributed by atoms with E-state index >= 15 is 0 Å². The summed E-state index contributed by atoms with van der Waals surface area (Å²) in [6.45, 7) is 6.12. The highest BCUT2D eigenvalue weighted by molar-refractivity contribution is 8.02. The summed E-state index contributed by atoms with van der Waals surface area (Å²) in [7, 11) is 0. The van der Waals surface area contributed by atoms with Crippen LogP contribution in [0, 0.1) is 22.0 Å². The van der Waals surface area contributed by atoms with Crippen LogP contribution in [0.4, 0.5) is 5.69 Å². The van der Waals surface area contributed by atoms with Crippen molar-refractivity contribution >= 4 is 35.5 Å². The predicted octanol–water partition coefficient (Wildman–Crippen LogP) is 3.18. The van der Waals surface area contributed by atoms with E-state index in [1.807, 2.05) is 13.2 Å². The van der Waals surface area contributed by atoms with Gasteiger partial charge in [-0.3, -0.25) is 19.9 Å². The van der Waals surface area contributed by atoms with Gasteiger partial charge in [-0.2, -0.15) is 0 Å². The number of rotatable bonds is 9. The van der Waals surface area contributed by atoms with E-state index in [1.165, 1.54) is 30.0 Å². The summed E-state index contributed by atoms with van der Waals surface area (Å²) in [5, 5.41) is 10.7. The minimum Gasteiger partial charge on any atom is -0.457 e. The second-order valence-electron chi connectivity index (χ2n) is 7.07. The maximum Gasteiger partial charge on any atom is 0.356 e. The summed E-state index contributed by atoms with van der Waals surface area (Å²) in [4.78, 5) is 42.2. The minimum absolute atomic E-state index is 0.0297. The number of non-ortho nitro benzene ring substituents is 1. The Kier molecular flexibility index (Phi) is 6.71. The van der Waals surface area contributed by atoms with Gasteiger partial charge in [0.05, 0.1) is 16.9 Å². The Hall–Kier alpha value is -2.94. The van der Waals surface area contributed by atoms with Crippen LogP contribution in [0.1, 0.15) is 18.9 Å². The van der Waals surface area contributed by atoms with Crippen LogP contribution >= 0.6 is 11.8 Å². The molecule has 2 aliphatic rings. The van der Waals surface area contributed by atoms with Gasteiger partial charge in [0, 0.05) is 35.7 Å². The molecule has 158 valence electrons. The van der Waals surface area contributed by atoms with Crippen LogP contribution < -0.4 is 0 Å². The fraction of sp³-hybridized carbons (Fsp3) is 0.381. The van der Waals surface area contributed by atoms with Crippen molar-refractivity contribution in [1.82, 2.24) is 4.90 Å². The van der Waals surface area contributed by atoms with Crippen molar-refractivity contribution in [1.29, 1.82) is 0 Å². The number of thioether (sulfide) groups is 1. The lowest BCUT2D eigenvalue weighted by Crippen LogP contribution is -2.60. The highest BCUT2D eigenvalue weighted by Gasteiger charge is 2.58. The molecule has 1 aromatic rings. The number of nitrogens with zero attached hydrogens (tertiary/aromatic N) is 3. The monoisotopic (exact) mass is 429 g/mol. The van der Waals surface area contributed by atoms with Crippen LogP contribution in [0.3, 0.4) is 0 Å². The molecule has 0 spiro atoms. The van der Waals surface area contributed by atoms with Gasteiger partial charge in [0.25, 0.3) is 5.69 Å². The number of hydrogen-bond donors (Lipinski definition) is 0. The number of ether oxygens (including phenoxy) is 1. The van der Waals surface area contributed by atoms with Crippen molar-refractivity contribution in [3.63, 3.8) is 0 Å². The number of β-lactam (4-membered cyclic amide) rings is 1. The average Bonchev–Trinajstić information content (AvgIpc) is 3.00. The number of nitro benzene ring substituents is 1. The second-order valence-corrected chi connectivity index (χ2v) is 7.92. The smallest absolute Gasteiger partial charge is 0.356 e. The predicted molar refractivity (Wildman–Crippen MR) is 115 cm³/mol. The van der Waals surface area contributed by atoms with Gasteiger partial charge in [-0.15, -0.1) is 11.8 Å². The van der Waals surface area contributed by atoms with Crippen LogP contribution in [0.5, 0.6) is 0 Å². The quantitative estimate of drug-likeness (QED) is 0.149. The third kappa shape index (κ3) is 4.02. The summed E-state index contributed by atoms with van der Waals surface area (Å²) < 4.78 is 5.17. The van der Waals surface area contributed by atoms with Gasteiger partial charge >= 0.3 is 5.97 Å². The zero-order valence-corrected chi connectivity index (χ0v) is 17.6. The summed E-state index contributed by atoms with van der Waals surface area (Å²) in [6.07, 6.45) is 5.61. The minimum atomic E-state index is -0.489. The SMILES string of the molecule is C=CCOC(=O)C1=C(SC)[C@H](C)C2C(CCN=Cc3ccc([N+](=O)[O-])cc3)C(=O)N12. The van der Waals surface area contributed by atoms with Gasteiger partial charge in [-0.05, 0) is 30.4 Å². The fourth-order valence-electron chi connectivity index (χ4n) is 3.93. The Morgan fingerprint density at radius 1 is 1.40 bits per heavy atom. The first-order valence-electron chi connectivity index (χ1n) is 9.54. The van der Waals surface area contributed by atoms with Gasteiger partial charge in [0.1, 0.15) is 12.3 Å². The molecule has 0 saturated carbocycles. The van der Waals surface area contributed by atoms with E-state index in [9.17, 15) is 19.7 Å². The van der Waals surface area contributed by atoms with Crippen molar-refractivity contribution < 1.29 is 19.2 Å². The Balaban J connectivity index is 1.61. The molecule has 2 aliphatic heterocycles. The van der Waals surface area contributed by atoms with Gasteiger partial charge in [0.2, 0.25) is 5.91 Å². The molecular weight excluding hydrogens is 406 g/mol. The van der Waals surface area contributed by atoms with E-state index in [4.69, 9.17) is 4.74 Å². The van der Waals surface area contributed by atoms with Crippen LogP contribution in [0.25, 0.3) is 0 Å². The molecule has 1 amide bonds. The summed E-state index contributed by atoms with van der Waals surface area (Å²) in [5.41, 5.74) is 1.15. The number of esters is 1. The Morgan fingerprint density at radius 3 is 2.70 bits per heavy atom. The van der Waals surface area contributed by atoms with Gasteiger partial charge in [-0.25, -0.2) is 4.79 Å². The van der Waals surface area contributed by atoms with Crippen LogP contribution in [-0.2, 0) is 14.3 Å². The van der Waals surface area contributed by atoms with E-state index in [0.29, 0.717) is 18.7 Å². The third-order valence-corrected chi connectivity index (χ3v) is 6.33. The largest absolute Gasteiger partial charge is 0.457 e. The number of carbonyl (C=O) groups excluding carboxylic acids is 2. The lowest BCUT2D eigenvalue weighted by atomic mass is 9.80. The number of hydrogen-bond acceptors (Lipinski definition) is 7. The van der Waals surface area contributed by atoms with Gasteiger partial charge < -0.3 is 9.64 Å². The van der Waals surface area contributed by atoms with Crippen LogP contribution in [-0.4, -0.2) is 53.4 Å². The zero-order valence-electron chi connectivity index (χ0n) is 16.8. The Bertz CT molecular complexity index is 925. The first-order valence-corrected chi connectivity index (χ1v) is 10.8. The molecule has 0 aliphatic carbocycles. The number of aliphatic imine (C=N–C) groups is 1. The zero-order chi connectivity index (χ0) is 21.8. The number of carbonyl (C=O) groups is 2. The Labute approximate surface area is 178 Å². The van der Waals surface area contributed by atoms with Gasteiger partial charge in [0.15, 0.2) is 0 Å². The van der Waals surface area contributed by atoms with Gasteiger partial charge in [-0.1, -0.05) is 19.6 Å². The lowest BCUT2D eigenvalue weighted by molar-refractivity contribution is -0.384.